The first-order valence-electron chi connectivity index (χ1n) is 14.5. The van der Waals surface area contributed by atoms with Gasteiger partial charge >= 0.3 is 0 Å². The Labute approximate surface area is 248 Å². The summed E-state index contributed by atoms with van der Waals surface area (Å²) in [7, 11) is 3.32. The number of rotatable bonds is 12. The van der Waals surface area contributed by atoms with Crippen molar-refractivity contribution in [2.75, 3.05) is 40.4 Å². The number of piperazine rings is 1. The minimum atomic E-state index is -0.0591. The Morgan fingerprint density at radius 3 is 1.19 bits per heavy atom. The Morgan fingerprint density at radius 1 is 0.548 bits per heavy atom. The number of hydrogen-bond donors (Lipinski definition) is 0. The predicted octanol–water partition coefficient (Wildman–Crippen LogP) is 6.65. The molecule has 6 nitrogen and oxygen atoms in total. The van der Waals surface area contributed by atoms with Crippen LogP contribution in [0.5, 0.6) is 11.5 Å². The molecule has 1 saturated heterocycles. The number of methoxy groups -OCH3 is 2. The van der Waals surface area contributed by atoms with Crippen molar-refractivity contribution >= 4 is 11.6 Å². The summed E-state index contributed by atoms with van der Waals surface area (Å²) in [4.78, 5) is 31.5. The van der Waals surface area contributed by atoms with Gasteiger partial charge in [-0.05, 0) is 35.4 Å². The number of carbonyl (C=O) groups excluding carboxylic acids is 2. The second-order valence-electron chi connectivity index (χ2n) is 10.6. The summed E-state index contributed by atoms with van der Waals surface area (Å²) >= 11 is 0. The van der Waals surface area contributed by atoms with Gasteiger partial charge in [0.2, 0.25) is 0 Å². The van der Waals surface area contributed by atoms with Gasteiger partial charge in [0, 0.05) is 62.2 Å². The average molecular weight is 563 g/mol. The number of ketones is 2. The molecule has 42 heavy (non-hydrogen) atoms. The number of Topliss-reactive ketones (excluding diaryl/α,β-unsaturated/α-hetero) is 2. The lowest BCUT2D eigenvalue weighted by Gasteiger charge is -2.42. The first kappa shape index (κ1) is 29.2. The van der Waals surface area contributed by atoms with Crippen LogP contribution in [0.25, 0.3) is 0 Å². The number of ether oxygens (including phenoxy) is 2. The third-order valence-corrected chi connectivity index (χ3v) is 8.18. The highest BCUT2D eigenvalue weighted by Gasteiger charge is 2.31. The van der Waals surface area contributed by atoms with Crippen LogP contribution >= 0.6 is 0 Å². The van der Waals surface area contributed by atoms with E-state index < -0.39 is 0 Å². The van der Waals surface area contributed by atoms with Crippen LogP contribution in [0, 0.1) is 0 Å². The monoisotopic (exact) mass is 562 g/mol. The summed E-state index contributed by atoms with van der Waals surface area (Å²) in [5.74, 6) is 1.84. The fourth-order valence-electron chi connectivity index (χ4n) is 5.76. The summed E-state index contributed by atoms with van der Waals surface area (Å²) in [6.45, 7) is 3.13. The molecule has 0 saturated carbocycles. The van der Waals surface area contributed by atoms with E-state index in [-0.39, 0.29) is 23.7 Å². The molecule has 1 aliphatic rings. The molecule has 4 aromatic carbocycles. The zero-order valence-electron chi connectivity index (χ0n) is 24.3. The van der Waals surface area contributed by atoms with Crippen LogP contribution in [-0.4, -0.2) is 61.8 Å². The quantitative estimate of drug-likeness (QED) is 0.180. The van der Waals surface area contributed by atoms with Crippen molar-refractivity contribution in [2.45, 2.75) is 24.9 Å². The molecule has 0 aromatic heterocycles. The SMILES string of the molecule is COc1ccc([C@@H](CC(=O)c2ccccc2)N2CCN([C@@H](CC(=O)c3ccccc3)c3ccc(OC)cc3)CC2)cc1. The van der Waals surface area contributed by atoms with Crippen molar-refractivity contribution in [3.63, 3.8) is 0 Å². The van der Waals surface area contributed by atoms with Crippen LogP contribution < -0.4 is 9.47 Å². The molecule has 4 aromatic rings. The van der Waals surface area contributed by atoms with E-state index in [9.17, 15) is 9.59 Å². The summed E-state index contributed by atoms with van der Waals surface area (Å²) in [5, 5.41) is 0. The topological polar surface area (TPSA) is 59.1 Å². The predicted molar refractivity (Wildman–Crippen MR) is 165 cm³/mol. The fraction of sp³-hybridized carbons (Fsp3) is 0.278. The summed E-state index contributed by atoms with van der Waals surface area (Å²) in [6, 6.07) is 35.0. The van der Waals surface area contributed by atoms with Gasteiger partial charge in [0.05, 0.1) is 14.2 Å². The van der Waals surface area contributed by atoms with Crippen molar-refractivity contribution in [3.05, 3.63) is 131 Å². The van der Waals surface area contributed by atoms with Gasteiger partial charge in [0.15, 0.2) is 11.6 Å². The molecule has 0 bridgehead atoms. The normalized spacial score (nSPS) is 15.5. The smallest absolute Gasteiger partial charge is 0.164 e. The maximum atomic E-state index is 13.4. The molecule has 1 aliphatic heterocycles. The Balaban J connectivity index is 1.35. The van der Waals surface area contributed by atoms with Gasteiger partial charge in [-0.2, -0.15) is 0 Å². The zero-order chi connectivity index (χ0) is 29.3. The number of carbonyl (C=O) groups is 2. The van der Waals surface area contributed by atoms with Crippen LogP contribution in [0.4, 0.5) is 0 Å². The van der Waals surface area contributed by atoms with E-state index in [1.54, 1.807) is 14.2 Å². The largest absolute Gasteiger partial charge is 0.497 e. The molecular formula is C36H38N2O4. The molecule has 1 fully saturated rings. The first-order valence-corrected chi connectivity index (χ1v) is 14.5. The maximum absolute atomic E-state index is 13.4. The molecule has 0 amide bonds. The molecule has 0 unspecified atom stereocenters. The molecule has 0 N–H and O–H groups in total. The van der Waals surface area contributed by atoms with Gasteiger partial charge in [-0.15, -0.1) is 0 Å². The Kier molecular flexibility index (Phi) is 9.80. The summed E-state index contributed by atoms with van der Waals surface area (Å²) < 4.78 is 10.8. The van der Waals surface area contributed by atoms with E-state index in [2.05, 4.69) is 34.1 Å². The van der Waals surface area contributed by atoms with Crippen molar-refractivity contribution in [2.24, 2.45) is 0 Å². The lowest BCUT2D eigenvalue weighted by molar-refractivity contribution is 0.0557. The molecule has 0 radical (unpaired) electrons. The fourth-order valence-corrected chi connectivity index (χ4v) is 5.76. The molecule has 2 atom stereocenters. The minimum Gasteiger partial charge on any atom is -0.497 e. The molecule has 0 aliphatic carbocycles. The number of hydrogen-bond acceptors (Lipinski definition) is 6. The molecule has 6 heteroatoms. The highest BCUT2D eigenvalue weighted by atomic mass is 16.5. The van der Waals surface area contributed by atoms with Gasteiger partial charge in [0.1, 0.15) is 11.5 Å². The third kappa shape index (κ3) is 7.14. The Bertz CT molecular complexity index is 1320. The number of benzene rings is 4. The Hall–Kier alpha value is -4.26. The molecule has 5 rings (SSSR count). The van der Waals surface area contributed by atoms with E-state index in [1.807, 2.05) is 84.9 Å². The van der Waals surface area contributed by atoms with Gasteiger partial charge in [-0.25, -0.2) is 0 Å². The molecule has 1 heterocycles. The second kappa shape index (κ2) is 14.1. The third-order valence-electron chi connectivity index (χ3n) is 8.18. The van der Waals surface area contributed by atoms with Crippen molar-refractivity contribution in [1.82, 2.24) is 9.80 Å². The molecule has 216 valence electrons. The summed E-state index contributed by atoms with van der Waals surface area (Å²) in [6.07, 6.45) is 0.787. The van der Waals surface area contributed by atoms with Gasteiger partial charge in [-0.3, -0.25) is 19.4 Å². The van der Waals surface area contributed by atoms with Crippen LogP contribution in [0.15, 0.2) is 109 Å². The highest BCUT2D eigenvalue weighted by molar-refractivity contribution is 5.97. The lowest BCUT2D eigenvalue weighted by Crippen LogP contribution is -2.49. The van der Waals surface area contributed by atoms with Crippen molar-refractivity contribution < 1.29 is 19.1 Å². The van der Waals surface area contributed by atoms with Crippen LogP contribution in [0.3, 0.4) is 0 Å². The molecular weight excluding hydrogens is 524 g/mol. The van der Waals surface area contributed by atoms with E-state index >= 15 is 0 Å². The van der Waals surface area contributed by atoms with Gasteiger partial charge in [-0.1, -0.05) is 84.9 Å². The van der Waals surface area contributed by atoms with Gasteiger partial charge < -0.3 is 9.47 Å². The van der Waals surface area contributed by atoms with Crippen LogP contribution in [0.1, 0.15) is 56.8 Å². The van der Waals surface area contributed by atoms with Crippen LogP contribution in [0.2, 0.25) is 0 Å². The standard InChI is InChI=1S/C36H38N2O4/c1-41-31-17-13-27(14-18-31)33(25-35(39)29-9-5-3-6-10-29)37-21-23-38(24-22-37)34(28-15-19-32(42-2)20-16-28)26-36(40)30-11-7-4-8-12-30/h3-20,33-34H,21-26H2,1-2H3/t33-,34+. The van der Waals surface area contributed by atoms with Crippen LogP contribution in [-0.2, 0) is 0 Å². The maximum Gasteiger partial charge on any atom is 0.164 e. The van der Waals surface area contributed by atoms with E-state index in [1.165, 1.54) is 0 Å². The Morgan fingerprint density at radius 2 is 0.881 bits per heavy atom. The number of nitrogens with zero attached hydrogens (tertiary/aromatic N) is 2. The van der Waals surface area contributed by atoms with E-state index in [0.29, 0.717) is 12.8 Å². The van der Waals surface area contributed by atoms with Gasteiger partial charge in [0.25, 0.3) is 0 Å². The lowest BCUT2D eigenvalue weighted by atomic mass is 9.94. The summed E-state index contributed by atoms with van der Waals surface area (Å²) in [5.41, 5.74) is 3.65. The first-order chi connectivity index (χ1) is 20.6. The molecule has 0 spiro atoms. The van der Waals surface area contributed by atoms with E-state index in [4.69, 9.17) is 9.47 Å². The second-order valence-corrected chi connectivity index (χ2v) is 10.6. The van der Waals surface area contributed by atoms with Crippen molar-refractivity contribution in [1.29, 1.82) is 0 Å². The average Bonchev–Trinajstić information content (AvgIpc) is 3.07. The van der Waals surface area contributed by atoms with Crippen molar-refractivity contribution in [3.8, 4) is 11.5 Å². The van der Waals surface area contributed by atoms with E-state index in [0.717, 1.165) is 59.9 Å². The highest BCUT2D eigenvalue weighted by Crippen LogP contribution is 2.33. The zero-order valence-corrected chi connectivity index (χ0v) is 24.3. The minimum absolute atomic E-state index is 0.0591.